The molecule has 4 amide bonds. The molecule has 1 aromatic heterocycles. The molecule has 206 valence electrons. The molecule has 13 nitrogen and oxygen atoms in total. The Morgan fingerprint density at radius 2 is 1.60 bits per heavy atom. The molecule has 3 aliphatic heterocycles. The molecule has 0 bridgehead atoms. The van der Waals surface area contributed by atoms with Crippen molar-refractivity contribution in [3.8, 4) is 0 Å². The first-order valence-electron chi connectivity index (χ1n) is 13.2. The van der Waals surface area contributed by atoms with Crippen molar-refractivity contribution >= 4 is 45.9 Å². The monoisotopic (exact) mass is 544 g/mol. The summed E-state index contributed by atoms with van der Waals surface area (Å²) in [6.45, 7) is 3.70. The number of fused-ring (bicyclic) bond motifs is 1. The first-order chi connectivity index (χ1) is 19.3. The third-order valence-electron chi connectivity index (χ3n) is 7.88. The fraction of sp³-hybridized carbons (Fsp3) is 0.370. The second-order valence-electron chi connectivity index (χ2n) is 10.3. The van der Waals surface area contributed by atoms with E-state index < -0.39 is 23.4 Å². The van der Waals surface area contributed by atoms with Crippen LogP contribution in [0.4, 0.5) is 11.4 Å². The molecular formula is C27H28N8O5. The van der Waals surface area contributed by atoms with Crippen molar-refractivity contribution in [1.82, 2.24) is 25.2 Å². The summed E-state index contributed by atoms with van der Waals surface area (Å²) >= 11 is 0. The molecule has 2 aromatic carbocycles. The Bertz CT molecular complexity index is 1570. The number of anilines is 2. The highest BCUT2D eigenvalue weighted by atomic mass is 16.2. The number of nitrogens with one attached hydrogen (secondary N) is 1. The van der Waals surface area contributed by atoms with Gasteiger partial charge in [0.2, 0.25) is 17.7 Å². The van der Waals surface area contributed by atoms with Crippen LogP contribution in [0.1, 0.15) is 29.2 Å². The van der Waals surface area contributed by atoms with Gasteiger partial charge in [-0.05, 0) is 48.9 Å². The molecule has 3 N–H and O–H groups in total. The Morgan fingerprint density at radius 1 is 0.900 bits per heavy atom. The largest absolute Gasteiger partial charge is 0.370 e. The average molecular weight is 545 g/mol. The van der Waals surface area contributed by atoms with Crippen molar-refractivity contribution in [2.75, 3.05) is 49.1 Å². The predicted molar refractivity (Wildman–Crippen MR) is 145 cm³/mol. The van der Waals surface area contributed by atoms with Crippen LogP contribution in [0.3, 0.4) is 0 Å². The zero-order valence-corrected chi connectivity index (χ0v) is 21.7. The normalized spacial score (nSPS) is 19.9. The fourth-order valence-electron chi connectivity index (χ4n) is 5.48. The maximum atomic E-state index is 13.2. The lowest BCUT2D eigenvalue weighted by Crippen LogP contribution is -2.58. The smallest absolute Gasteiger partial charge is 0.278 e. The van der Waals surface area contributed by atoms with E-state index in [1.807, 2.05) is 28.0 Å². The van der Waals surface area contributed by atoms with E-state index in [-0.39, 0.29) is 30.6 Å². The molecule has 3 aliphatic rings. The van der Waals surface area contributed by atoms with E-state index in [1.54, 1.807) is 24.3 Å². The molecular weight excluding hydrogens is 516 g/mol. The molecule has 0 radical (unpaired) electrons. The minimum absolute atomic E-state index is 0.117. The van der Waals surface area contributed by atoms with Gasteiger partial charge in [-0.15, -0.1) is 5.10 Å². The van der Waals surface area contributed by atoms with Crippen LogP contribution >= 0.6 is 0 Å². The average Bonchev–Trinajstić information content (AvgIpc) is 2.93. The molecule has 3 saturated heterocycles. The van der Waals surface area contributed by atoms with Gasteiger partial charge in [0, 0.05) is 62.6 Å². The van der Waals surface area contributed by atoms with Crippen molar-refractivity contribution in [3.63, 3.8) is 0 Å². The third kappa shape index (κ3) is 4.63. The van der Waals surface area contributed by atoms with Gasteiger partial charge in [0.05, 0.1) is 11.3 Å². The number of amides is 4. The number of carbonyl (C=O) groups is 4. The summed E-state index contributed by atoms with van der Waals surface area (Å²) in [5.41, 5.74) is 7.53. The molecule has 4 heterocycles. The lowest BCUT2D eigenvalue weighted by Gasteiger charge is -2.44. The Kier molecular flexibility index (Phi) is 6.40. The van der Waals surface area contributed by atoms with Crippen LogP contribution in [0.5, 0.6) is 0 Å². The van der Waals surface area contributed by atoms with Crippen molar-refractivity contribution < 1.29 is 19.2 Å². The summed E-state index contributed by atoms with van der Waals surface area (Å²) in [6, 6.07) is 11.5. The summed E-state index contributed by atoms with van der Waals surface area (Å²) in [4.78, 5) is 67.5. The van der Waals surface area contributed by atoms with Crippen LogP contribution in [-0.2, 0) is 14.4 Å². The third-order valence-corrected chi connectivity index (χ3v) is 7.88. The van der Waals surface area contributed by atoms with Crippen molar-refractivity contribution in [3.05, 3.63) is 58.4 Å². The van der Waals surface area contributed by atoms with Gasteiger partial charge in [0.25, 0.3) is 11.5 Å². The molecule has 1 unspecified atom stereocenters. The van der Waals surface area contributed by atoms with E-state index in [0.29, 0.717) is 55.7 Å². The summed E-state index contributed by atoms with van der Waals surface area (Å²) in [6.07, 6.45) is 0.321. The number of benzene rings is 2. The Hall–Kier alpha value is -4.81. The van der Waals surface area contributed by atoms with E-state index in [9.17, 15) is 24.0 Å². The highest BCUT2D eigenvalue weighted by Crippen LogP contribution is 2.28. The van der Waals surface area contributed by atoms with Crippen molar-refractivity contribution in [1.29, 1.82) is 0 Å². The highest BCUT2D eigenvalue weighted by molar-refractivity contribution is 5.99. The predicted octanol–water partition coefficient (Wildman–Crippen LogP) is -0.347. The van der Waals surface area contributed by atoms with Gasteiger partial charge < -0.3 is 20.4 Å². The second kappa shape index (κ2) is 10.1. The van der Waals surface area contributed by atoms with E-state index >= 15 is 0 Å². The number of imide groups is 1. The van der Waals surface area contributed by atoms with Crippen LogP contribution in [0.15, 0.2) is 47.3 Å². The van der Waals surface area contributed by atoms with Gasteiger partial charge >= 0.3 is 0 Å². The molecule has 0 spiro atoms. The number of hydrogen-bond donors (Lipinski definition) is 2. The first kappa shape index (κ1) is 25.5. The van der Waals surface area contributed by atoms with Gasteiger partial charge in [0.1, 0.15) is 11.6 Å². The number of nitrogens with two attached hydrogens (primary N) is 1. The number of piperazine rings is 1. The molecule has 6 rings (SSSR count). The lowest BCUT2D eigenvalue weighted by atomic mass is 9.96. The number of hydrogen-bond acceptors (Lipinski definition) is 9. The lowest BCUT2D eigenvalue weighted by molar-refractivity contribution is -0.137. The maximum absolute atomic E-state index is 13.2. The minimum Gasteiger partial charge on any atom is -0.370 e. The molecule has 0 saturated carbocycles. The van der Waals surface area contributed by atoms with Gasteiger partial charge in [0.15, 0.2) is 0 Å². The highest BCUT2D eigenvalue weighted by Gasteiger charge is 2.37. The number of rotatable bonds is 5. The molecule has 13 heteroatoms. The second-order valence-corrected chi connectivity index (χ2v) is 10.3. The van der Waals surface area contributed by atoms with E-state index in [4.69, 9.17) is 5.73 Å². The minimum atomic E-state index is -0.883. The summed E-state index contributed by atoms with van der Waals surface area (Å²) in [7, 11) is 0. The summed E-state index contributed by atoms with van der Waals surface area (Å²) in [5.74, 6) is -1.41. The van der Waals surface area contributed by atoms with Gasteiger partial charge in [-0.25, -0.2) is 0 Å². The van der Waals surface area contributed by atoms with E-state index in [2.05, 4.69) is 20.5 Å². The van der Waals surface area contributed by atoms with Crippen LogP contribution in [0, 0.1) is 5.92 Å². The first-order valence-corrected chi connectivity index (χ1v) is 13.2. The number of piperidine rings is 1. The standard InChI is InChI=1S/C27H28N8O5/c28-24(37)16-1-3-18(4-2-16)32-9-11-33(12-10-32)26(39)17-14-34(15-17)19-5-6-21-20(13-19)27(40)35(31-30-21)22-7-8-23(36)29-25(22)38/h1-6,13,17,22H,7-12,14-15H2,(H2,28,37)(H,29,36,38). The molecule has 0 aliphatic carbocycles. The Morgan fingerprint density at radius 3 is 2.27 bits per heavy atom. The van der Waals surface area contributed by atoms with E-state index in [0.717, 1.165) is 16.1 Å². The summed E-state index contributed by atoms with van der Waals surface area (Å²) < 4.78 is 1.04. The van der Waals surface area contributed by atoms with Gasteiger partial charge in [-0.2, -0.15) is 4.68 Å². The number of primary amides is 1. The van der Waals surface area contributed by atoms with Gasteiger partial charge in [-0.1, -0.05) is 5.21 Å². The van der Waals surface area contributed by atoms with Crippen LogP contribution < -0.4 is 26.4 Å². The molecule has 3 fully saturated rings. The van der Waals surface area contributed by atoms with Gasteiger partial charge in [-0.3, -0.25) is 29.3 Å². The number of nitrogens with zero attached hydrogens (tertiary/aromatic N) is 6. The topological polar surface area (TPSA) is 164 Å². The quantitative estimate of drug-likeness (QED) is 0.409. The fourth-order valence-corrected chi connectivity index (χ4v) is 5.48. The van der Waals surface area contributed by atoms with Crippen LogP contribution in [0.2, 0.25) is 0 Å². The van der Waals surface area contributed by atoms with E-state index in [1.165, 1.54) is 0 Å². The number of carbonyl (C=O) groups excluding carboxylic acids is 4. The SMILES string of the molecule is NC(=O)c1ccc(N2CCN(C(=O)C3CN(c4ccc5nnn(C6CCC(=O)NC6=O)c(=O)c5c4)C3)CC2)cc1. The maximum Gasteiger partial charge on any atom is 0.278 e. The summed E-state index contributed by atoms with van der Waals surface area (Å²) in [5, 5.41) is 10.6. The van der Waals surface area contributed by atoms with Crippen LogP contribution in [-0.4, -0.2) is 82.8 Å². The van der Waals surface area contributed by atoms with Crippen molar-refractivity contribution in [2.45, 2.75) is 18.9 Å². The molecule has 1 atom stereocenters. The zero-order valence-electron chi connectivity index (χ0n) is 21.7. The van der Waals surface area contributed by atoms with Crippen molar-refractivity contribution in [2.24, 2.45) is 11.7 Å². The molecule has 3 aromatic rings. The van der Waals surface area contributed by atoms with Crippen LogP contribution in [0.25, 0.3) is 10.9 Å². The zero-order chi connectivity index (χ0) is 28.0. The Balaban J connectivity index is 1.08. The molecule has 40 heavy (non-hydrogen) atoms. The number of aromatic nitrogens is 3. The Labute approximate surface area is 228 Å².